The highest BCUT2D eigenvalue weighted by Gasteiger charge is 2.23. The minimum absolute atomic E-state index is 0.267. The first kappa shape index (κ1) is 35.9. The number of hydrogen-bond acceptors (Lipinski definition) is 11. The molecule has 0 aliphatic heterocycles. The number of likely N-dealkylation sites (N-methyl/N-ethyl adjacent to an activating group) is 2. The second-order valence-corrected chi connectivity index (χ2v) is 13.0. The monoisotopic (exact) mass is 621 g/mol. The number of aromatic nitrogens is 3. The summed E-state index contributed by atoms with van der Waals surface area (Å²) in [6.07, 6.45) is 6.27. The summed E-state index contributed by atoms with van der Waals surface area (Å²) >= 11 is 0. The molecule has 14 nitrogen and oxygen atoms in total. The first-order valence-electron chi connectivity index (χ1n) is 14.1. The van der Waals surface area contributed by atoms with E-state index in [2.05, 4.69) is 40.2 Å². The standard InChI is InChI=1S/C26H40N8O2S.CH4O2.CH2O2/c1-18(2)23-17-28-34-25(16-24(31-26(23)34)29-20-8-6-19(27)7-9-20)30-21-10-12-22(13-11-21)37(35,36)33(5)15-14-32(3)4;1-3-2;2-1-3/h10-13,16-20,30H,6-9,14-15,27H2,1-5H3,(H,29,31);2H,1H3;1H,(H,2,3)/p-1. The first-order chi connectivity index (χ1) is 20.4. The maximum absolute atomic E-state index is 13.0. The molecule has 3 aromatic rings. The van der Waals surface area contributed by atoms with Crippen LogP contribution in [0, 0.1) is 0 Å². The van der Waals surface area contributed by atoms with Crippen molar-refractivity contribution in [1.29, 1.82) is 0 Å². The Bertz CT molecular complexity index is 1370. The average Bonchev–Trinajstić information content (AvgIpc) is 3.39. The van der Waals surface area contributed by atoms with E-state index < -0.39 is 16.5 Å². The number of quaternary nitrogens is 1. The summed E-state index contributed by atoms with van der Waals surface area (Å²) in [5.74, 6) is 1.86. The van der Waals surface area contributed by atoms with Crippen LogP contribution in [0.15, 0.2) is 41.4 Å². The zero-order valence-electron chi connectivity index (χ0n) is 25.8. The van der Waals surface area contributed by atoms with Crippen LogP contribution in [-0.2, 0) is 19.7 Å². The van der Waals surface area contributed by atoms with Crippen LogP contribution in [0.5, 0.6) is 0 Å². The third-order valence-corrected chi connectivity index (χ3v) is 8.89. The fourth-order valence-corrected chi connectivity index (χ4v) is 5.73. The highest BCUT2D eigenvalue weighted by molar-refractivity contribution is 7.89. The third-order valence-electron chi connectivity index (χ3n) is 7.02. The van der Waals surface area contributed by atoms with Gasteiger partial charge in [0.2, 0.25) is 10.0 Å². The number of carboxylic acid groups (broad SMARTS) is 1. The van der Waals surface area contributed by atoms with E-state index in [9.17, 15) is 8.42 Å². The van der Waals surface area contributed by atoms with E-state index in [1.165, 1.54) is 4.31 Å². The Morgan fingerprint density at radius 2 is 1.72 bits per heavy atom. The van der Waals surface area contributed by atoms with E-state index in [-0.39, 0.29) is 10.8 Å². The van der Waals surface area contributed by atoms with Crippen LogP contribution in [0.25, 0.3) is 5.65 Å². The van der Waals surface area contributed by atoms with Gasteiger partial charge in [-0.15, -0.1) is 0 Å². The molecule has 2 heterocycles. The Balaban J connectivity index is 0.000000992. The molecule has 1 aromatic carbocycles. The number of carbonyl (C=O) groups excluding carboxylic acids is 1. The maximum Gasteiger partial charge on any atom is 0.242 e. The van der Waals surface area contributed by atoms with Gasteiger partial charge in [-0.1, -0.05) is 13.8 Å². The molecule has 0 amide bonds. The van der Waals surface area contributed by atoms with Gasteiger partial charge in [0.25, 0.3) is 0 Å². The van der Waals surface area contributed by atoms with Crippen molar-refractivity contribution in [2.75, 3.05) is 52.0 Å². The van der Waals surface area contributed by atoms with Crippen LogP contribution in [-0.4, -0.2) is 92.1 Å². The van der Waals surface area contributed by atoms with Crippen LogP contribution in [0.3, 0.4) is 0 Å². The predicted molar refractivity (Wildman–Crippen MR) is 161 cm³/mol. The zero-order chi connectivity index (χ0) is 32.2. The fraction of sp³-hybridized carbons (Fsp3) is 0.536. The molecule has 0 spiro atoms. The van der Waals surface area contributed by atoms with Crippen molar-refractivity contribution < 1.29 is 34.2 Å². The van der Waals surface area contributed by atoms with Gasteiger partial charge in [-0.25, -0.2) is 13.4 Å². The van der Waals surface area contributed by atoms with Crippen LogP contribution in [0.2, 0.25) is 0 Å². The van der Waals surface area contributed by atoms with Gasteiger partial charge < -0.3 is 41.3 Å². The van der Waals surface area contributed by atoms with Gasteiger partial charge in [-0.3, -0.25) is 0 Å². The lowest BCUT2D eigenvalue weighted by molar-refractivity contribution is -0.679. The topological polar surface area (TPSA) is 195 Å². The van der Waals surface area contributed by atoms with E-state index in [0.29, 0.717) is 25.2 Å². The number of benzene rings is 1. The molecular formula is C28H45N8O6S-. The van der Waals surface area contributed by atoms with Gasteiger partial charge >= 0.3 is 0 Å². The molecule has 2 aromatic heterocycles. The molecule has 43 heavy (non-hydrogen) atoms. The van der Waals surface area contributed by atoms with Crippen LogP contribution in [0.1, 0.15) is 51.0 Å². The minimum atomic E-state index is -3.56. The summed E-state index contributed by atoms with van der Waals surface area (Å²) in [5.41, 5.74) is 6.87. The summed E-state index contributed by atoms with van der Waals surface area (Å²) < 4.78 is 29.1. The summed E-state index contributed by atoms with van der Waals surface area (Å²) in [5, 5.41) is 28.3. The van der Waals surface area contributed by atoms with Gasteiger partial charge in [0.1, 0.15) is 11.6 Å². The SMILES string of the molecule is CC(C)c1cnn2c(Nc3ccc(S(=O)(=O)N(C)CCN(C)C)cc3)cc(NC3CCC([NH3+])CC3)nc12.CO[O-].O=C[O-]. The van der Waals surface area contributed by atoms with E-state index >= 15 is 0 Å². The Labute approximate surface area is 253 Å². The molecule has 0 unspecified atom stereocenters. The minimum Gasteiger partial charge on any atom is -0.724 e. The van der Waals surface area contributed by atoms with E-state index in [1.54, 1.807) is 31.3 Å². The van der Waals surface area contributed by atoms with Crippen molar-refractivity contribution in [3.63, 3.8) is 0 Å². The number of rotatable bonds is 10. The third kappa shape index (κ3) is 10.4. The molecule has 4 rings (SSSR count). The van der Waals surface area contributed by atoms with Crippen LogP contribution < -0.4 is 26.7 Å². The van der Waals surface area contributed by atoms with Gasteiger partial charge in [0.15, 0.2) is 5.65 Å². The number of carbonyl (C=O) groups is 1. The fourth-order valence-electron chi connectivity index (χ4n) is 4.57. The predicted octanol–water partition coefficient (Wildman–Crippen LogP) is 0.0176. The van der Waals surface area contributed by atoms with E-state index in [0.717, 1.165) is 61.3 Å². The molecule has 0 atom stereocenters. The molecule has 1 aliphatic rings. The molecular weight excluding hydrogens is 576 g/mol. The molecule has 15 heteroatoms. The lowest BCUT2D eigenvalue weighted by atomic mass is 9.92. The summed E-state index contributed by atoms with van der Waals surface area (Å²) in [6.45, 7) is 4.85. The van der Waals surface area contributed by atoms with Gasteiger partial charge in [-0.2, -0.15) is 13.9 Å². The number of anilines is 3. The molecule has 0 radical (unpaired) electrons. The van der Waals surface area contributed by atoms with E-state index in [4.69, 9.17) is 20.1 Å². The van der Waals surface area contributed by atoms with Gasteiger partial charge in [0, 0.05) is 69.9 Å². The number of nitrogens with zero attached hydrogens (tertiary/aromatic N) is 5. The number of hydrogen-bond donors (Lipinski definition) is 3. The highest BCUT2D eigenvalue weighted by atomic mass is 32.2. The quantitative estimate of drug-likeness (QED) is 0.157. The Morgan fingerprint density at radius 3 is 2.26 bits per heavy atom. The average molecular weight is 622 g/mol. The Hall–Kier alpha value is -3.34. The lowest BCUT2D eigenvalue weighted by Crippen LogP contribution is -2.62. The van der Waals surface area contributed by atoms with Crippen molar-refractivity contribution in [3.05, 3.63) is 42.1 Å². The summed E-state index contributed by atoms with van der Waals surface area (Å²) in [6, 6.07) is 9.73. The van der Waals surface area contributed by atoms with Crippen molar-refractivity contribution in [3.8, 4) is 0 Å². The molecule has 0 saturated heterocycles. The molecule has 1 fully saturated rings. The highest BCUT2D eigenvalue weighted by Crippen LogP contribution is 2.28. The zero-order valence-corrected chi connectivity index (χ0v) is 26.6. The lowest BCUT2D eigenvalue weighted by Gasteiger charge is -2.26. The Kier molecular flexibility index (Phi) is 14.2. The molecule has 1 saturated carbocycles. The van der Waals surface area contributed by atoms with Crippen molar-refractivity contribution in [1.82, 2.24) is 23.8 Å². The van der Waals surface area contributed by atoms with Crippen molar-refractivity contribution in [2.45, 2.75) is 62.4 Å². The van der Waals surface area contributed by atoms with Gasteiger partial charge in [0.05, 0.1) is 17.1 Å². The van der Waals surface area contributed by atoms with E-state index in [1.807, 2.05) is 35.8 Å². The molecule has 1 aliphatic carbocycles. The molecule has 240 valence electrons. The maximum atomic E-state index is 13.0. The normalized spacial score (nSPS) is 16.8. The second kappa shape index (κ2) is 17.1. The summed E-state index contributed by atoms with van der Waals surface area (Å²) in [7, 11) is 2.98. The van der Waals surface area contributed by atoms with Crippen molar-refractivity contribution >= 4 is 39.5 Å². The second-order valence-electron chi connectivity index (χ2n) is 10.9. The van der Waals surface area contributed by atoms with Gasteiger partial charge in [-0.05, 0) is 57.1 Å². The smallest absolute Gasteiger partial charge is 0.242 e. The van der Waals surface area contributed by atoms with Crippen LogP contribution >= 0.6 is 0 Å². The first-order valence-corrected chi connectivity index (χ1v) is 15.5. The van der Waals surface area contributed by atoms with Crippen LogP contribution in [0.4, 0.5) is 17.3 Å². The van der Waals surface area contributed by atoms with Crippen molar-refractivity contribution in [2.24, 2.45) is 0 Å². The largest absolute Gasteiger partial charge is 0.724 e. The number of nitrogens with one attached hydrogen (secondary N) is 2. The molecule has 5 N–H and O–H groups in total. The number of sulfonamides is 1. The molecule has 0 bridgehead atoms. The Morgan fingerprint density at radius 1 is 1.14 bits per heavy atom. The summed E-state index contributed by atoms with van der Waals surface area (Å²) in [4.78, 5) is 18.4. The number of fused-ring (bicyclic) bond motifs is 1.